The lowest BCUT2D eigenvalue weighted by atomic mass is 9.85. The van der Waals surface area contributed by atoms with Crippen molar-refractivity contribution in [1.82, 2.24) is 0 Å². The molecule has 1 aromatic rings. The first-order valence-electron chi connectivity index (χ1n) is 10.7. The van der Waals surface area contributed by atoms with Crippen molar-refractivity contribution in [3.8, 4) is 0 Å². The summed E-state index contributed by atoms with van der Waals surface area (Å²) in [5, 5.41) is -0.00859. The highest BCUT2D eigenvalue weighted by atomic mass is 29.6. The smallest absolute Gasteiger partial charge is 0.184 e. The summed E-state index contributed by atoms with van der Waals surface area (Å²) < 4.78 is 7.57. The second-order valence-electron chi connectivity index (χ2n) is 11.8. The topological polar surface area (TPSA) is 9.23 Å². The molecule has 0 saturated carbocycles. The second kappa shape index (κ2) is 6.66. The molecule has 0 spiro atoms. The largest absolute Gasteiger partial charge is 0.411 e. The van der Waals surface area contributed by atoms with E-state index in [1.165, 1.54) is 18.4 Å². The van der Waals surface area contributed by atoms with Crippen LogP contribution in [0.15, 0.2) is 42.5 Å². The van der Waals surface area contributed by atoms with E-state index in [-0.39, 0.29) is 5.22 Å². The highest BCUT2D eigenvalue weighted by molar-refractivity contribution is 7.70. The van der Waals surface area contributed by atoms with E-state index < -0.39 is 30.6 Å². The summed E-state index contributed by atoms with van der Waals surface area (Å²) in [6.07, 6.45) is 7.97. The molecule has 1 nitrogen and oxygen atoms in total. The predicted molar refractivity (Wildman–Crippen MR) is 131 cm³/mol. The molecule has 2 aliphatic heterocycles. The van der Waals surface area contributed by atoms with Gasteiger partial charge in [0.15, 0.2) is 8.32 Å². The van der Waals surface area contributed by atoms with Crippen molar-refractivity contribution < 1.29 is 4.43 Å². The van der Waals surface area contributed by atoms with Gasteiger partial charge in [0.05, 0.1) is 12.3 Å². The Balaban J connectivity index is 2.46. The van der Waals surface area contributed by atoms with Gasteiger partial charge in [0, 0.05) is 21.1 Å². The molecule has 0 aromatic heterocycles. The molecule has 2 heterocycles. The number of hydrogen-bond acceptors (Lipinski definition) is 1. The highest BCUT2D eigenvalue weighted by Gasteiger charge is 2.74. The van der Waals surface area contributed by atoms with Crippen LogP contribution in [0.1, 0.15) is 18.4 Å². The Hall–Kier alpha value is -0.212. The monoisotopic (exact) mass is 432 g/mol. The highest BCUT2D eigenvalue weighted by Crippen LogP contribution is 2.64. The minimum atomic E-state index is -1.79. The number of benzene rings is 1. The lowest BCUT2D eigenvalue weighted by molar-refractivity contribution is 0.0722. The summed E-state index contributed by atoms with van der Waals surface area (Å²) in [7, 11) is -6.46. The molecule has 3 atom stereocenters. The second-order valence-corrected chi connectivity index (χ2v) is 43.6. The van der Waals surface area contributed by atoms with Gasteiger partial charge < -0.3 is 4.43 Å². The van der Waals surface area contributed by atoms with Crippen molar-refractivity contribution in [1.29, 1.82) is 0 Å². The Kier molecular flexibility index (Phi) is 5.30. The van der Waals surface area contributed by atoms with Gasteiger partial charge in [-0.1, -0.05) is 81.8 Å². The van der Waals surface area contributed by atoms with Gasteiger partial charge in [-0.15, -0.1) is 0 Å². The average molecular weight is 433 g/mol. The molecule has 0 radical (unpaired) electrons. The van der Waals surface area contributed by atoms with Gasteiger partial charge in [-0.25, -0.2) is 0 Å². The predicted octanol–water partition coefficient (Wildman–Crippen LogP) is 6.90. The molecule has 0 amide bonds. The minimum absolute atomic E-state index is 0.00859. The molecule has 4 rings (SSSR count). The average Bonchev–Trinajstić information content (AvgIpc) is 2.52. The first kappa shape index (κ1) is 21.5. The van der Waals surface area contributed by atoms with Crippen LogP contribution in [0.3, 0.4) is 0 Å². The number of rotatable bonds is 5. The molecular formula is C22H40OSi4. The van der Waals surface area contributed by atoms with E-state index in [1.807, 2.05) is 0 Å². The van der Waals surface area contributed by atoms with Gasteiger partial charge in [-0.05, 0) is 43.6 Å². The number of fused-ring (bicyclic) bond motifs is 2. The van der Waals surface area contributed by atoms with Gasteiger partial charge in [-0.3, -0.25) is 0 Å². The van der Waals surface area contributed by atoms with Crippen LogP contribution in [0.2, 0.25) is 64.5 Å². The third-order valence-corrected chi connectivity index (χ3v) is 48.6. The lowest BCUT2D eigenvalue weighted by Gasteiger charge is -2.70. The standard InChI is InChI=1S/C22H40OSi4/c1-24(2,3)23-22(19-13-11-10-12-14-19)20-15-17-21(18-16-20)27(22,25(4,5)6)26(7,8)9/h10-15,17,20-21H,16,18H2,1-9H3/t20-,21+,22-/m1/s1. The van der Waals surface area contributed by atoms with Crippen LogP contribution in [0, 0.1) is 5.92 Å². The molecule has 5 heteroatoms. The molecular weight excluding hydrogens is 393 g/mol. The van der Waals surface area contributed by atoms with E-state index in [2.05, 4.69) is 101 Å². The molecule has 27 heavy (non-hydrogen) atoms. The third-order valence-electron chi connectivity index (χ3n) is 7.06. The quantitative estimate of drug-likeness (QED) is 0.363. The van der Waals surface area contributed by atoms with Gasteiger partial charge in [0.2, 0.25) is 0 Å². The Bertz CT molecular complexity index is 695. The lowest BCUT2D eigenvalue weighted by Crippen LogP contribution is -2.87. The molecule has 0 unspecified atom stereocenters. The zero-order valence-corrected chi connectivity index (χ0v) is 23.0. The van der Waals surface area contributed by atoms with Crippen molar-refractivity contribution in [2.45, 2.75) is 82.5 Å². The van der Waals surface area contributed by atoms with E-state index in [4.69, 9.17) is 4.43 Å². The van der Waals surface area contributed by atoms with Gasteiger partial charge >= 0.3 is 0 Å². The van der Waals surface area contributed by atoms with E-state index in [0.29, 0.717) is 5.92 Å². The molecule has 1 saturated heterocycles. The summed E-state index contributed by atoms with van der Waals surface area (Å²) in [5.74, 6) is 0.571. The van der Waals surface area contributed by atoms with Crippen LogP contribution in [0.25, 0.3) is 0 Å². The van der Waals surface area contributed by atoms with Crippen LogP contribution in [-0.2, 0) is 9.65 Å². The Labute approximate surface area is 171 Å². The summed E-state index contributed by atoms with van der Waals surface area (Å²) in [6, 6.07) is 11.5. The van der Waals surface area contributed by atoms with E-state index in [9.17, 15) is 0 Å². The molecule has 1 fully saturated rings. The zero-order chi connectivity index (χ0) is 20.3. The summed E-state index contributed by atoms with van der Waals surface area (Å²) in [4.78, 5) is 0. The van der Waals surface area contributed by atoms with Crippen molar-refractivity contribution >= 4 is 30.6 Å². The fourth-order valence-corrected chi connectivity index (χ4v) is 64.5. The summed E-state index contributed by atoms with van der Waals surface area (Å²) >= 11 is 0. The van der Waals surface area contributed by atoms with Crippen LogP contribution in [-0.4, -0.2) is 30.6 Å². The molecule has 1 aromatic carbocycles. The fourth-order valence-electron chi connectivity index (χ4n) is 7.26. The molecule has 3 aliphatic rings. The molecule has 2 bridgehead atoms. The normalized spacial score (nSPS) is 30.6. The van der Waals surface area contributed by atoms with E-state index >= 15 is 0 Å². The Morgan fingerprint density at radius 2 is 1.37 bits per heavy atom. The number of allylic oxidation sites excluding steroid dienone is 1. The first-order chi connectivity index (χ1) is 12.3. The van der Waals surface area contributed by atoms with Gasteiger partial charge in [0.25, 0.3) is 0 Å². The van der Waals surface area contributed by atoms with E-state index in [1.54, 1.807) is 0 Å². The van der Waals surface area contributed by atoms with Crippen LogP contribution >= 0.6 is 0 Å². The number of hydrogen-bond donors (Lipinski definition) is 0. The molecule has 150 valence electrons. The maximum absolute atomic E-state index is 7.57. The van der Waals surface area contributed by atoms with Crippen LogP contribution in [0.4, 0.5) is 0 Å². The van der Waals surface area contributed by atoms with Crippen molar-refractivity contribution in [3.63, 3.8) is 0 Å². The zero-order valence-electron chi connectivity index (χ0n) is 19.0. The fraction of sp³-hybridized carbons (Fsp3) is 0.636. The van der Waals surface area contributed by atoms with Gasteiger partial charge in [0.1, 0.15) is 0 Å². The van der Waals surface area contributed by atoms with Crippen molar-refractivity contribution in [2.24, 2.45) is 5.92 Å². The Morgan fingerprint density at radius 3 is 1.78 bits per heavy atom. The van der Waals surface area contributed by atoms with Gasteiger partial charge in [-0.2, -0.15) is 0 Å². The molecule has 1 aliphatic carbocycles. The maximum atomic E-state index is 7.57. The Morgan fingerprint density at radius 1 is 0.815 bits per heavy atom. The maximum Gasteiger partial charge on any atom is 0.184 e. The summed E-state index contributed by atoms with van der Waals surface area (Å²) in [6.45, 7) is 23.4. The van der Waals surface area contributed by atoms with Crippen molar-refractivity contribution in [3.05, 3.63) is 48.0 Å². The van der Waals surface area contributed by atoms with Crippen LogP contribution in [0.5, 0.6) is 0 Å². The SMILES string of the molecule is C[Si](C)(C)O[C@@]1(c2ccccc2)[C@@H]2C=C[C@@H](CC2)[Si]1([Si](C)(C)C)[Si](C)(C)C. The van der Waals surface area contributed by atoms with Crippen LogP contribution < -0.4 is 0 Å². The third kappa shape index (κ3) is 3.08. The summed E-state index contributed by atoms with van der Waals surface area (Å²) in [5.41, 5.74) is 2.32. The van der Waals surface area contributed by atoms with Crippen molar-refractivity contribution in [2.75, 3.05) is 0 Å². The van der Waals surface area contributed by atoms with E-state index in [0.717, 1.165) is 5.54 Å². The molecule has 0 N–H and O–H groups in total. The first-order valence-corrected chi connectivity index (χ1v) is 25.2. The minimum Gasteiger partial charge on any atom is -0.411 e.